The normalized spacial score (nSPS) is 12.3. The SMILES string of the molecule is CN/C(=C\C(C)N)c1cc(NC(=O)c2cccc(OC)c2F)ccc1OCCN. The molecule has 1 unspecified atom stereocenters. The van der Waals surface area contributed by atoms with Crippen molar-refractivity contribution in [3.8, 4) is 11.5 Å². The number of halogens is 1. The fourth-order valence-electron chi connectivity index (χ4n) is 2.73. The van der Waals surface area contributed by atoms with E-state index in [4.69, 9.17) is 20.9 Å². The van der Waals surface area contributed by atoms with Gasteiger partial charge in [0.05, 0.1) is 12.7 Å². The summed E-state index contributed by atoms with van der Waals surface area (Å²) in [5, 5.41) is 5.79. The maximum atomic E-state index is 14.4. The summed E-state index contributed by atoms with van der Waals surface area (Å²) in [6.07, 6.45) is 1.83. The first-order chi connectivity index (χ1) is 13.9. The molecule has 0 heterocycles. The van der Waals surface area contributed by atoms with Crippen molar-refractivity contribution < 1.29 is 18.7 Å². The summed E-state index contributed by atoms with van der Waals surface area (Å²) in [6, 6.07) is 9.31. The molecule has 2 aromatic rings. The predicted molar refractivity (Wildman–Crippen MR) is 113 cm³/mol. The van der Waals surface area contributed by atoms with Crippen LogP contribution >= 0.6 is 0 Å². The van der Waals surface area contributed by atoms with Gasteiger partial charge in [-0.15, -0.1) is 0 Å². The Bertz CT molecular complexity index is 884. The van der Waals surface area contributed by atoms with E-state index >= 15 is 0 Å². The van der Waals surface area contributed by atoms with Gasteiger partial charge in [0.2, 0.25) is 0 Å². The van der Waals surface area contributed by atoms with Gasteiger partial charge in [-0.1, -0.05) is 6.07 Å². The van der Waals surface area contributed by atoms with Crippen LogP contribution in [0.25, 0.3) is 5.70 Å². The van der Waals surface area contributed by atoms with Crippen LogP contribution < -0.4 is 31.6 Å². The molecule has 0 aliphatic carbocycles. The minimum atomic E-state index is -0.719. The van der Waals surface area contributed by atoms with Crippen LogP contribution in [-0.2, 0) is 0 Å². The number of carbonyl (C=O) groups is 1. The number of rotatable bonds is 9. The monoisotopic (exact) mass is 402 g/mol. The fraction of sp³-hybridized carbons (Fsp3) is 0.286. The molecule has 0 aliphatic heterocycles. The third-order valence-corrected chi connectivity index (χ3v) is 4.03. The first-order valence-electron chi connectivity index (χ1n) is 9.17. The van der Waals surface area contributed by atoms with Gasteiger partial charge in [-0.2, -0.15) is 0 Å². The number of nitrogens with one attached hydrogen (secondary N) is 2. The van der Waals surface area contributed by atoms with Gasteiger partial charge in [0.15, 0.2) is 11.6 Å². The molecule has 2 aromatic carbocycles. The third-order valence-electron chi connectivity index (χ3n) is 4.03. The number of methoxy groups -OCH3 is 1. The van der Waals surface area contributed by atoms with Crippen LogP contribution in [0, 0.1) is 5.82 Å². The second kappa shape index (κ2) is 10.4. The number of carbonyl (C=O) groups excluding carboxylic acids is 1. The Morgan fingerprint density at radius 1 is 1.24 bits per heavy atom. The van der Waals surface area contributed by atoms with Crippen LogP contribution in [0.4, 0.5) is 10.1 Å². The number of amides is 1. The quantitative estimate of drug-likeness (QED) is 0.512. The summed E-state index contributed by atoms with van der Waals surface area (Å²) >= 11 is 0. The summed E-state index contributed by atoms with van der Waals surface area (Å²) in [4.78, 5) is 12.6. The number of ether oxygens (including phenoxy) is 2. The lowest BCUT2D eigenvalue weighted by atomic mass is 10.1. The first kappa shape index (κ1) is 22.2. The average Bonchev–Trinajstić information content (AvgIpc) is 2.71. The maximum Gasteiger partial charge on any atom is 0.258 e. The highest BCUT2D eigenvalue weighted by Gasteiger charge is 2.17. The molecule has 7 nitrogen and oxygen atoms in total. The Balaban J connectivity index is 2.39. The van der Waals surface area contributed by atoms with E-state index in [-0.39, 0.29) is 17.4 Å². The van der Waals surface area contributed by atoms with E-state index in [2.05, 4.69) is 10.6 Å². The highest BCUT2D eigenvalue weighted by Crippen LogP contribution is 2.29. The molecule has 0 bridgehead atoms. The van der Waals surface area contributed by atoms with E-state index in [1.807, 2.05) is 13.0 Å². The lowest BCUT2D eigenvalue weighted by Crippen LogP contribution is -2.18. The smallest absolute Gasteiger partial charge is 0.258 e. The van der Waals surface area contributed by atoms with Crippen molar-refractivity contribution >= 4 is 17.3 Å². The standard InChI is InChI=1S/C21H27FN4O3/c1-13(24)11-17(25-2)16-12-14(7-8-18(16)29-10-9-23)26-21(27)15-5-4-6-19(28-3)20(15)22/h4-8,11-13,25H,9-10,23-24H2,1-3H3,(H,26,27)/b17-11-. The number of nitrogens with two attached hydrogens (primary N) is 2. The summed E-state index contributed by atoms with van der Waals surface area (Å²) in [5.74, 6) is -0.725. The van der Waals surface area contributed by atoms with Crippen molar-refractivity contribution in [3.05, 3.63) is 59.4 Å². The lowest BCUT2D eigenvalue weighted by Gasteiger charge is -2.17. The lowest BCUT2D eigenvalue weighted by molar-refractivity contribution is 0.102. The second-order valence-electron chi connectivity index (χ2n) is 6.31. The number of hydrogen-bond acceptors (Lipinski definition) is 6. The van der Waals surface area contributed by atoms with Crippen molar-refractivity contribution in [2.75, 3.05) is 32.6 Å². The van der Waals surface area contributed by atoms with Gasteiger partial charge in [-0.25, -0.2) is 4.39 Å². The van der Waals surface area contributed by atoms with Crippen molar-refractivity contribution in [1.82, 2.24) is 5.32 Å². The molecule has 0 radical (unpaired) electrons. The topological polar surface area (TPSA) is 112 Å². The molecular formula is C21H27FN4O3. The minimum absolute atomic E-state index is 0.00112. The molecule has 29 heavy (non-hydrogen) atoms. The summed E-state index contributed by atoms with van der Waals surface area (Å²) in [6.45, 7) is 2.54. The molecule has 2 rings (SSSR count). The fourth-order valence-corrected chi connectivity index (χ4v) is 2.73. The molecule has 0 saturated heterocycles. The molecule has 1 atom stereocenters. The Hall–Kier alpha value is -3.10. The van der Waals surface area contributed by atoms with Crippen LogP contribution in [0.1, 0.15) is 22.8 Å². The molecule has 0 aromatic heterocycles. The van der Waals surface area contributed by atoms with Crippen molar-refractivity contribution in [1.29, 1.82) is 0 Å². The van der Waals surface area contributed by atoms with Gasteiger partial charge in [-0.3, -0.25) is 4.79 Å². The Kier molecular flexibility index (Phi) is 7.99. The Morgan fingerprint density at radius 2 is 2.00 bits per heavy atom. The van der Waals surface area contributed by atoms with E-state index in [0.717, 1.165) is 5.70 Å². The highest BCUT2D eigenvalue weighted by molar-refractivity contribution is 6.05. The highest BCUT2D eigenvalue weighted by atomic mass is 19.1. The molecule has 1 amide bonds. The van der Waals surface area contributed by atoms with Crippen molar-refractivity contribution in [2.24, 2.45) is 11.5 Å². The Labute approximate surface area is 169 Å². The molecule has 8 heteroatoms. The van der Waals surface area contributed by atoms with Gasteiger partial charge < -0.3 is 31.6 Å². The zero-order valence-electron chi connectivity index (χ0n) is 16.8. The van der Waals surface area contributed by atoms with Crippen LogP contribution in [0.3, 0.4) is 0 Å². The van der Waals surface area contributed by atoms with E-state index < -0.39 is 11.7 Å². The van der Waals surface area contributed by atoms with Gasteiger partial charge >= 0.3 is 0 Å². The summed E-state index contributed by atoms with van der Waals surface area (Å²) in [5.41, 5.74) is 13.2. The van der Waals surface area contributed by atoms with Crippen molar-refractivity contribution in [2.45, 2.75) is 13.0 Å². The molecule has 0 aliphatic rings. The second-order valence-corrected chi connectivity index (χ2v) is 6.31. The van der Waals surface area contributed by atoms with Gasteiger partial charge in [0.25, 0.3) is 5.91 Å². The molecule has 0 fully saturated rings. The number of hydrogen-bond donors (Lipinski definition) is 4. The average molecular weight is 402 g/mol. The molecule has 0 spiro atoms. The van der Waals surface area contributed by atoms with E-state index in [0.29, 0.717) is 30.2 Å². The first-order valence-corrected chi connectivity index (χ1v) is 9.17. The molecule has 156 valence electrons. The van der Waals surface area contributed by atoms with E-state index in [1.165, 1.54) is 19.2 Å². The van der Waals surface area contributed by atoms with Crippen LogP contribution in [0.5, 0.6) is 11.5 Å². The number of anilines is 1. The molecule has 0 saturated carbocycles. The summed E-state index contributed by atoms with van der Waals surface area (Å²) in [7, 11) is 3.11. The van der Waals surface area contributed by atoms with Crippen LogP contribution in [0.2, 0.25) is 0 Å². The van der Waals surface area contributed by atoms with Crippen LogP contribution in [0.15, 0.2) is 42.5 Å². The van der Waals surface area contributed by atoms with Crippen LogP contribution in [-0.4, -0.2) is 39.3 Å². The summed E-state index contributed by atoms with van der Waals surface area (Å²) < 4.78 is 25.0. The largest absolute Gasteiger partial charge is 0.494 e. The third kappa shape index (κ3) is 5.69. The zero-order chi connectivity index (χ0) is 21.4. The minimum Gasteiger partial charge on any atom is -0.494 e. The Morgan fingerprint density at radius 3 is 2.62 bits per heavy atom. The maximum absolute atomic E-state index is 14.4. The van der Waals surface area contributed by atoms with E-state index in [1.54, 1.807) is 31.3 Å². The van der Waals surface area contributed by atoms with Gasteiger partial charge in [0.1, 0.15) is 12.4 Å². The molecular weight excluding hydrogens is 375 g/mol. The van der Waals surface area contributed by atoms with Crippen molar-refractivity contribution in [3.63, 3.8) is 0 Å². The molecule has 6 N–H and O–H groups in total. The predicted octanol–water partition coefficient (Wildman–Crippen LogP) is 2.33. The number of benzene rings is 2. The zero-order valence-corrected chi connectivity index (χ0v) is 16.8. The van der Waals surface area contributed by atoms with Gasteiger partial charge in [-0.05, 0) is 43.3 Å². The van der Waals surface area contributed by atoms with Gasteiger partial charge in [0, 0.05) is 36.6 Å². The van der Waals surface area contributed by atoms with E-state index in [9.17, 15) is 9.18 Å².